The van der Waals surface area contributed by atoms with Gasteiger partial charge in [0.2, 0.25) is 0 Å². The van der Waals surface area contributed by atoms with Gasteiger partial charge in [-0.3, -0.25) is 4.98 Å². The molecule has 0 spiro atoms. The van der Waals surface area contributed by atoms with Crippen molar-refractivity contribution < 1.29 is 14.3 Å². The van der Waals surface area contributed by atoms with Gasteiger partial charge in [-0.25, -0.2) is 9.78 Å². The number of rotatable bonds is 3. The topological polar surface area (TPSA) is 64.5 Å². The van der Waals surface area contributed by atoms with Crippen LogP contribution in [0.25, 0.3) is 0 Å². The molecular weight excluding hydrogens is 294 g/mol. The Balaban J connectivity index is 1.80. The zero-order chi connectivity index (χ0) is 15.5. The van der Waals surface area contributed by atoms with E-state index in [4.69, 9.17) is 21.1 Å². The van der Waals surface area contributed by atoms with Crippen LogP contribution in [0.1, 0.15) is 32.9 Å². The van der Waals surface area contributed by atoms with Crippen LogP contribution in [0.15, 0.2) is 12.4 Å². The van der Waals surface area contributed by atoms with Crippen molar-refractivity contribution in [1.29, 1.82) is 0 Å². The van der Waals surface area contributed by atoms with Gasteiger partial charge in [0, 0.05) is 18.9 Å². The second-order valence-electron chi connectivity index (χ2n) is 5.94. The Morgan fingerprint density at radius 1 is 1.43 bits per heavy atom. The van der Waals surface area contributed by atoms with E-state index < -0.39 is 5.60 Å². The molecule has 7 heteroatoms. The first kappa shape index (κ1) is 16.0. The lowest BCUT2D eigenvalue weighted by atomic mass is 10.2. The Morgan fingerprint density at radius 2 is 2.14 bits per heavy atom. The van der Waals surface area contributed by atoms with Crippen LogP contribution in [0, 0.1) is 0 Å². The molecule has 1 fully saturated rings. The molecule has 6 nitrogen and oxygen atoms in total. The van der Waals surface area contributed by atoms with Crippen molar-refractivity contribution in [2.45, 2.75) is 45.5 Å². The molecule has 0 bridgehead atoms. The summed E-state index contributed by atoms with van der Waals surface area (Å²) in [5.41, 5.74) is 0.123. The molecule has 0 N–H and O–H groups in total. The fraction of sp³-hybridized carbons (Fsp3) is 0.643. The van der Waals surface area contributed by atoms with Gasteiger partial charge in [0.25, 0.3) is 0 Å². The molecular formula is C14H20ClN3O3. The van der Waals surface area contributed by atoms with Crippen molar-refractivity contribution >= 4 is 17.7 Å². The van der Waals surface area contributed by atoms with E-state index in [1.807, 2.05) is 20.8 Å². The van der Waals surface area contributed by atoms with E-state index in [1.165, 1.54) is 6.20 Å². The number of halogens is 1. The molecule has 1 aliphatic rings. The Kier molecular flexibility index (Phi) is 5.00. The molecule has 1 atom stereocenters. The van der Waals surface area contributed by atoms with E-state index in [0.29, 0.717) is 30.5 Å². The van der Waals surface area contributed by atoms with E-state index in [2.05, 4.69) is 9.97 Å². The second kappa shape index (κ2) is 6.58. The van der Waals surface area contributed by atoms with Crippen LogP contribution in [0.2, 0.25) is 5.15 Å². The lowest BCUT2D eigenvalue weighted by Crippen LogP contribution is -2.36. The third kappa shape index (κ3) is 4.82. The number of aromatic nitrogens is 2. The average molecular weight is 314 g/mol. The third-order valence-electron chi connectivity index (χ3n) is 2.98. The standard InChI is InChI=1S/C14H20ClN3O3/c1-14(2,3)21-13(19)18-7-4-10(8-18)20-9-11-12(15)17-6-5-16-11/h5-6,10H,4,7-9H2,1-3H3/t10-/m1/s1. The molecule has 1 aromatic rings. The minimum absolute atomic E-state index is 0.0319. The van der Waals surface area contributed by atoms with Crippen LogP contribution < -0.4 is 0 Å². The highest BCUT2D eigenvalue weighted by Crippen LogP contribution is 2.19. The Labute approximate surface area is 129 Å². The first-order chi connectivity index (χ1) is 9.85. The smallest absolute Gasteiger partial charge is 0.410 e. The molecule has 0 saturated carbocycles. The lowest BCUT2D eigenvalue weighted by molar-refractivity contribution is 0.0179. The molecule has 2 heterocycles. The second-order valence-corrected chi connectivity index (χ2v) is 6.30. The maximum absolute atomic E-state index is 11.9. The predicted molar refractivity (Wildman–Crippen MR) is 78.0 cm³/mol. The molecule has 0 unspecified atom stereocenters. The van der Waals surface area contributed by atoms with Gasteiger partial charge in [0.15, 0.2) is 5.15 Å². The van der Waals surface area contributed by atoms with Gasteiger partial charge in [0.1, 0.15) is 11.3 Å². The summed E-state index contributed by atoms with van der Waals surface area (Å²) in [7, 11) is 0. The van der Waals surface area contributed by atoms with Gasteiger partial charge >= 0.3 is 6.09 Å². The summed E-state index contributed by atoms with van der Waals surface area (Å²) in [6.45, 7) is 7.00. The fourth-order valence-corrected chi connectivity index (χ4v) is 2.16. The van der Waals surface area contributed by atoms with Crippen LogP contribution >= 0.6 is 11.6 Å². The van der Waals surface area contributed by atoms with Gasteiger partial charge in [-0.2, -0.15) is 0 Å². The van der Waals surface area contributed by atoms with Crippen molar-refractivity contribution in [3.8, 4) is 0 Å². The van der Waals surface area contributed by atoms with Crippen LogP contribution in [0.4, 0.5) is 4.79 Å². The lowest BCUT2D eigenvalue weighted by Gasteiger charge is -2.24. The van der Waals surface area contributed by atoms with Gasteiger partial charge in [0.05, 0.1) is 19.3 Å². The van der Waals surface area contributed by atoms with Crippen molar-refractivity contribution in [2.75, 3.05) is 13.1 Å². The zero-order valence-electron chi connectivity index (χ0n) is 12.5. The zero-order valence-corrected chi connectivity index (χ0v) is 13.3. The minimum Gasteiger partial charge on any atom is -0.444 e. The van der Waals surface area contributed by atoms with Gasteiger partial charge in [-0.05, 0) is 27.2 Å². The van der Waals surface area contributed by atoms with Crippen molar-refractivity contribution in [2.24, 2.45) is 0 Å². The molecule has 0 aromatic carbocycles. The Bertz CT molecular complexity index is 504. The molecule has 1 amide bonds. The van der Waals surface area contributed by atoms with Crippen molar-refractivity contribution in [1.82, 2.24) is 14.9 Å². The summed E-state index contributed by atoms with van der Waals surface area (Å²) in [6.07, 6.45) is 3.55. The van der Waals surface area contributed by atoms with E-state index in [-0.39, 0.29) is 12.2 Å². The van der Waals surface area contributed by atoms with E-state index in [1.54, 1.807) is 11.1 Å². The van der Waals surface area contributed by atoms with Gasteiger partial charge in [-0.1, -0.05) is 11.6 Å². The number of carbonyl (C=O) groups is 1. The highest BCUT2D eigenvalue weighted by Gasteiger charge is 2.30. The number of amides is 1. The number of hydrogen-bond donors (Lipinski definition) is 0. The Morgan fingerprint density at radius 3 is 2.81 bits per heavy atom. The molecule has 0 radical (unpaired) electrons. The maximum Gasteiger partial charge on any atom is 0.410 e. The maximum atomic E-state index is 11.9. The highest BCUT2D eigenvalue weighted by atomic mass is 35.5. The number of likely N-dealkylation sites (tertiary alicyclic amines) is 1. The van der Waals surface area contributed by atoms with E-state index in [9.17, 15) is 4.79 Å². The molecule has 2 rings (SSSR count). The quantitative estimate of drug-likeness (QED) is 0.858. The third-order valence-corrected chi connectivity index (χ3v) is 3.29. The summed E-state index contributed by atoms with van der Waals surface area (Å²) >= 11 is 5.92. The van der Waals surface area contributed by atoms with Gasteiger partial charge in [-0.15, -0.1) is 0 Å². The van der Waals surface area contributed by atoms with E-state index in [0.717, 1.165) is 6.42 Å². The molecule has 1 saturated heterocycles. The summed E-state index contributed by atoms with van der Waals surface area (Å²) in [5, 5.41) is 0.347. The summed E-state index contributed by atoms with van der Waals surface area (Å²) < 4.78 is 11.1. The normalized spacial score (nSPS) is 18.9. The molecule has 0 aliphatic carbocycles. The fourth-order valence-electron chi connectivity index (χ4n) is 2.00. The van der Waals surface area contributed by atoms with Crippen LogP contribution in [0.3, 0.4) is 0 Å². The number of carbonyl (C=O) groups excluding carboxylic acids is 1. The van der Waals surface area contributed by atoms with Crippen molar-refractivity contribution in [3.63, 3.8) is 0 Å². The van der Waals surface area contributed by atoms with Crippen molar-refractivity contribution in [3.05, 3.63) is 23.2 Å². The summed E-state index contributed by atoms with van der Waals surface area (Å²) in [6, 6.07) is 0. The van der Waals surface area contributed by atoms with E-state index >= 15 is 0 Å². The number of nitrogens with zero attached hydrogens (tertiary/aromatic N) is 3. The highest BCUT2D eigenvalue weighted by molar-refractivity contribution is 6.29. The van der Waals surface area contributed by atoms with Crippen LogP contribution in [-0.4, -0.2) is 45.8 Å². The van der Waals surface area contributed by atoms with Crippen LogP contribution in [-0.2, 0) is 16.1 Å². The predicted octanol–water partition coefficient (Wildman–Crippen LogP) is 2.66. The number of ether oxygens (including phenoxy) is 2. The monoisotopic (exact) mass is 313 g/mol. The summed E-state index contributed by atoms with van der Waals surface area (Å²) in [5.74, 6) is 0. The van der Waals surface area contributed by atoms with Gasteiger partial charge < -0.3 is 14.4 Å². The molecule has 1 aliphatic heterocycles. The SMILES string of the molecule is CC(C)(C)OC(=O)N1CC[C@@H](OCc2nccnc2Cl)C1. The summed E-state index contributed by atoms with van der Waals surface area (Å²) in [4.78, 5) is 21.7. The minimum atomic E-state index is -0.483. The molecule has 21 heavy (non-hydrogen) atoms. The first-order valence-electron chi connectivity index (χ1n) is 6.90. The average Bonchev–Trinajstić information content (AvgIpc) is 2.85. The molecule has 116 valence electrons. The largest absolute Gasteiger partial charge is 0.444 e. The number of hydrogen-bond acceptors (Lipinski definition) is 5. The van der Waals surface area contributed by atoms with Crippen LogP contribution in [0.5, 0.6) is 0 Å². The molecule has 1 aromatic heterocycles. The first-order valence-corrected chi connectivity index (χ1v) is 7.28. The Hall–Kier alpha value is -1.40.